The van der Waals surface area contributed by atoms with E-state index in [0.29, 0.717) is 6.04 Å². The quantitative estimate of drug-likeness (QED) is 0.898. The Morgan fingerprint density at radius 3 is 2.95 bits per heavy atom. The first-order valence-electron chi connectivity index (χ1n) is 7.29. The molecular formula is C17H19BrN2O. The summed E-state index contributed by atoms with van der Waals surface area (Å²) in [6.45, 7) is 5.19. The maximum atomic E-state index is 6.25. The number of aromatic nitrogens is 1. The van der Waals surface area contributed by atoms with Crippen molar-refractivity contribution in [3.63, 3.8) is 0 Å². The van der Waals surface area contributed by atoms with Crippen molar-refractivity contribution in [3.05, 3.63) is 57.8 Å². The predicted molar refractivity (Wildman–Crippen MR) is 87.5 cm³/mol. The van der Waals surface area contributed by atoms with Crippen LogP contribution in [0.25, 0.3) is 0 Å². The summed E-state index contributed by atoms with van der Waals surface area (Å²) in [6.07, 6.45) is 4.72. The van der Waals surface area contributed by atoms with Crippen LogP contribution in [0.15, 0.2) is 41.1 Å². The van der Waals surface area contributed by atoms with Crippen LogP contribution >= 0.6 is 15.9 Å². The molecule has 0 radical (unpaired) electrons. The zero-order chi connectivity index (χ0) is 14.8. The van der Waals surface area contributed by atoms with Crippen LogP contribution < -0.4 is 10.1 Å². The molecule has 0 spiro atoms. The molecular weight excluding hydrogens is 328 g/mol. The first-order chi connectivity index (χ1) is 10.2. The van der Waals surface area contributed by atoms with Crippen molar-refractivity contribution in [2.24, 2.45) is 0 Å². The van der Waals surface area contributed by atoms with E-state index in [9.17, 15) is 0 Å². The third-order valence-electron chi connectivity index (χ3n) is 3.95. The van der Waals surface area contributed by atoms with E-state index in [1.54, 1.807) is 0 Å². The minimum atomic E-state index is 0.0459. The zero-order valence-corrected chi connectivity index (χ0v) is 13.9. The number of hydrogen-bond donors (Lipinski definition) is 1. The van der Waals surface area contributed by atoms with Gasteiger partial charge in [0.1, 0.15) is 11.9 Å². The number of fused-ring (bicyclic) bond motifs is 1. The van der Waals surface area contributed by atoms with E-state index < -0.39 is 0 Å². The lowest BCUT2D eigenvalue weighted by molar-refractivity contribution is 0.151. The molecule has 4 heteroatoms. The number of nitrogens with one attached hydrogen (secondary N) is 1. The van der Waals surface area contributed by atoms with Gasteiger partial charge in [0, 0.05) is 40.5 Å². The number of halogens is 1. The van der Waals surface area contributed by atoms with E-state index in [1.807, 2.05) is 18.5 Å². The average Bonchev–Trinajstić information content (AvgIpc) is 2.47. The van der Waals surface area contributed by atoms with Gasteiger partial charge in [-0.1, -0.05) is 28.9 Å². The zero-order valence-electron chi connectivity index (χ0n) is 12.3. The van der Waals surface area contributed by atoms with Crippen molar-refractivity contribution in [3.8, 4) is 5.75 Å². The number of aryl methyl sites for hydroxylation is 1. The lowest BCUT2D eigenvalue weighted by Gasteiger charge is -2.33. The van der Waals surface area contributed by atoms with Gasteiger partial charge in [0.25, 0.3) is 0 Å². The van der Waals surface area contributed by atoms with E-state index in [1.165, 1.54) is 16.7 Å². The Morgan fingerprint density at radius 2 is 2.19 bits per heavy atom. The predicted octanol–water partition coefficient (Wildman–Crippen LogP) is 4.33. The Balaban J connectivity index is 1.98. The van der Waals surface area contributed by atoms with Gasteiger partial charge in [-0.15, -0.1) is 0 Å². The summed E-state index contributed by atoms with van der Waals surface area (Å²) < 4.78 is 7.29. The van der Waals surface area contributed by atoms with E-state index in [2.05, 4.69) is 58.3 Å². The van der Waals surface area contributed by atoms with Gasteiger partial charge in [-0.3, -0.25) is 4.98 Å². The van der Waals surface area contributed by atoms with E-state index in [4.69, 9.17) is 4.74 Å². The molecule has 0 amide bonds. The minimum absolute atomic E-state index is 0.0459. The second-order valence-corrected chi connectivity index (χ2v) is 6.28. The molecule has 1 aromatic heterocycles. The second kappa shape index (κ2) is 6.16. The van der Waals surface area contributed by atoms with Crippen molar-refractivity contribution in [1.82, 2.24) is 10.3 Å². The van der Waals surface area contributed by atoms with Crippen molar-refractivity contribution < 1.29 is 4.74 Å². The fourth-order valence-electron chi connectivity index (χ4n) is 2.88. The minimum Gasteiger partial charge on any atom is -0.485 e. The fraction of sp³-hybridized carbons (Fsp3) is 0.353. The number of hydrogen-bond acceptors (Lipinski definition) is 3. The van der Waals surface area contributed by atoms with Crippen LogP contribution in [0.3, 0.4) is 0 Å². The molecule has 1 aromatic carbocycles. The Morgan fingerprint density at radius 1 is 1.33 bits per heavy atom. The van der Waals surface area contributed by atoms with Crippen LogP contribution in [0.2, 0.25) is 0 Å². The molecule has 2 aromatic rings. The van der Waals surface area contributed by atoms with Crippen molar-refractivity contribution in [1.29, 1.82) is 0 Å². The van der Waals surface area contributed by atoms with Gasteiger partial charge in [0.15, 0.2) is 0 Å². The number of rotatable bonds is 3. The molecule has 3 nitrogen and oxygen atoms in total. The Labute approximate surface area is 133 Å². The van der Waals surface area contributed by atoms with Gasteiger partial charge in [0.05, 0.1) is 0 Å². The maximum Gasteiger partial charge on any atom is 0.127 e. The molecule has 21 heavy (non-hydrogen) atoms. The summed E-state index contributed by atoms with van der Waals surface area (Å²) in [6, 6.07) is 8.62. The van der Waals surface area contributed by atoms with Gasteiger partial charge in [-0.2, -0.15) is 0 Å². The van der Waals surface area contributed by atoms with Crippen molar-refractivity contribution in [2.75, 3.05) is 6.54 Å². The highest BCUT2D eigenvalue weighted by Crippen LogP contribution is 2.42. The molecule has 2 atom stereocenters. The number of nitrogens with zero attached hydrogens (tertiary/aromatic N) is 1. The summed E-state index contributed by atoms with van der Waals surface area (Å²) in [5, 5.41) is 3.56. The molecule has 1 aliphatic rings. The molecule has 2 heterocycles. The third-order valence-corrected chi connectivity index (χ3v) is 4.44. The summed E-state index contributed by atoms with van der Waals surface area (Å²) in [7, 11) is 0. The molecule has 2 unspecified atom stereocenters. The van der Waals surface area contributed by atoms with Crippen LogP contribution in [0, 0.1) is 6.92 Å². The number of pyridine rings is 1. The van der Waals surface area contributed by atoms with Crippen LogP contribution in [-0.4, -0.2) is 11.5 Å². The molecule has 3 rings (SSSR count). The SMILES string of the molecule is CCNC1CC(c2cnccc2C)Oc2cc(Br)ccc21. The number of ether oxygens (including phenoxy) is 1. The van der Waals surface area contributed by atoms with Crippen LogP contribution in [-0.2, 0) is 0 Å². The van der Waals surface area contributed by atoms with Crippen LogP contribution in [0.5, 0.6) is 5.75 Å². The summed E-state index contributed by atoms with van der Waals surface area (Å²) in [5.41, 5.74) is 3.63. The average molecular weight is 347 g/mol. The van der Waals surface area contributed by atoms with E-state index >= 15 is 0 Å². The monoisotopic (exact) mass is 346 g/mol. The Kier molecular flexibility index (Phi) is 4.27. The van der Waals surface area contributed by atoms with Gasteiger partial charge in [-0.05, 0) is 37.2 Å². The topological polar surface area (TPSA) is 34.2 Å². The summed E-state index contributed by atoms with van der Waals surface area (Å²) in [4.78, 5) is 4.26. The van der Waals surface area contributed by atoms with Gasteiger partial charge in [-0.25, -0.2) is 0 Å². The van der Waals surface area contributed by atoms with Crippen molar-refractivity contribution in [2.45, 2.75) is 32.4 Å². The van der Waals surface area contributed by atoms with Crippen molar-refractivity contribution >= 4 is 15.9 Å². The lowest BCUT2D eigenvalue weighted by Crippen LogP contribution is -2.29. The standard InChI is InChI=1S/C17H19BrN2O/c1-3-20-15-9-17(14-10-19-7-6-11(14)2)21-16-8-12(18)4-5-13(15)16/h4-8,10,15,17,20H,3,9H2,1-2H3. The molecule has 0 saturated carbocycles. The lowest BCUT2D eigenvalue weighted by atomic mass is 9.92. The highest BCUT2D eigenvalue weighted by molar-refractivity contribution is 9.10. The highest BCUT2D eigenvalue weighted by atomic mass is 79.9. The first kappa shape index (κ1) is 14.5. The second-order valence-electron chi connectivity index (χ2n) is 5.37. The molecule has 110 valence electrons. The smallest absolute Gasteiger partial charge is 0.127 e. The molecule has 0 bridgehead atoms. The Hall–Kier alpha value is -1.39. The fourth-order valence-corrected chi connectivity index (χ4v) is 3.22. The molecule has 0 fully saturated rings. The number of benzene rings is 1. The van der Waals surface area contributed by atoms with Crippen LogP contribution in [0.4, 0.5) is 0 Å². The highest BCUT2D eigenvalue weighted by Gasteiger charge is 2.29. The molecule has 1 aliphatic heterocycles. The normalized spacial score (nSPS) is 20.7. The summed E-state index contributed by atoms with van der Waals surface area (Å²) >= 11 is 3.53. The van der Waals surface area contributed by atoms with Gasteiger partial charge >= 0.3 is 0 Å². The van der Waals surface area contributed by atoms with E-state index in [-0.39, 0.29) is 6.10 Å². The first-order valence-corrected chi connectivity index (χ1v) is 8.08. The maximum absolute atomic E-state index is 6.25. The Bertz CT molecular complexity index is 644. The van der Waals surface area contributed by atoms with E-state index in [0.717, 1.165) is 23.2 Å². The molecule has 0 aliphatic carbocycles. The van der Waals surface area contributed by atoms with Crippen LogP contribution in [0.1, 0.15) is 42.2 Å². The third kappa shape index (κ3) is 2.97. The van der Waals surface area contributed by atoms with Gasteiger partial charge < -0.3 is 10.1 Å². The molecule has 0 saturated heterocycles. The summed E-state index contributed by atoms with van der Waals surface area (Å²) in [5.74, 6) is 0.954. The largest absolute Gasteiger partial charge is 0.485 e. The van der Waals surface area contributed by atoms with Gasteiger partial charge in [0.2, 0.25) is 0 Å². The molecule has 1 N–H and O–H groups in total.